The van der Waals surface area contributed by atoms with Gasteiger partial charge in [-0.15, -0.1) is 0 Å². The zero-order valence-electron chi connectivity index (χ0n) is 10.4. The van der Waals surface area contributed by atoms with Crippen LogP contribution in [0.15, 0.2) is 24.3 Å². The Morgan fingerprint density at radius 1 is 1.44 bits per heavy atom. The zero-order valence-corrected chi connectivity index (χ0v) is 10.4. The van der Waals surface area contributed by atoms with Crippen molar-refractivity contribution in [3.05, 3.63) is 35.4 Å². The maximum Gasteiger partial charge on any atom is 0.319 e. The van der Waals surface area contributed by atoms with Crippen molar-refractivity contribution in [1.82, 2.24) is 0 Å². The lowest BCUT2D eigenvalue weighted by Gasteiger charge is -2.30. The lowest BCUT2D eigenvalue weighted by atomic mass is 9.72. The highest BCUT2D eigenvalue weighted by molar-refractivity contribution is 6.10. The summed E-state index contributed by atoms with van der Waals surface area (Å²) in [5.41, 5.74) is 1.35. The summed E-state index contributed by atoms with van der Waals surface area (Å²) >= 11 is 0. The molecule has 3 nitrogen and oxygen atoms in total. The maximum absolute atomic E-state index is 12.5. The predicted octanol–water partition coefficient (Wildman–Crippen LogP) is 2.24. The molecule has 0 spiro atoms. The van der Waals surface area contributed by atoms with E-state index in [1.54, 1.807) is 6.92 Å². The largest absolute Gasteiger partial charge is 0.465 e. The molecule has 0 saturated heterocycles. The summed E-state index contributed by atoms with van der Waals surface area (Å²) in [6.45, 7) is 2.11. The number of ether oxygens (including phenoxy) is 1. The molecule has 1 aromatic carbocycles. The first-order valence-electron chi connectivity index (χ1n) is 6.48. The van der Waals surface area contributed by atoms with Crippen molar-refractivity contribution in [1.29, 1.82) is 0 Å². The summed E-state index contributed by atoms with van der Waals surface area (Å²) in [6.07, 6.45) is 1.91. The predicted molar refractivity (Wildman–Crippen MR) is 66.2 cm³/mol. The van der Waals surface area contributed by atoms with Gasteiger partial charge in [0.15, 0.2) is 5.78 Å². The lowest BCUT2D eigenvalue weighted by Crippen LogP contribution is -2.42. The molecule has 1 fully saturated rings. The molecule has 1 aromatic rings. The van der Waals surface area contributed by atoms with Crippen LogP contribution in [0.5, 0.6) is 0 Å². The second-order valence-corrected chi connectivity index (χ2v) is 5.13. The van der Waals surface area contributed by atoms with Crippen molar-refractivity contribution in [2.24, 2.45) is 5.41 Å². The third-order valence-corrected chi connectivity index (χ3v) is 4.24. The summed E-state index contributed by atoms with van der Waals surface area (Å²) in [5, 5.41) is 0. The zero-order chi connectivity index (χ0) is 12.8. The van der Waals surface area contributed by atoms with Gasteiger partial charge in [0.05, 0.1) is 6.61 Å². The van der Waals surface area contributed by atoms with E-state index in [2.05, 4.69) is 0 Å². The molecule has 0 heterocycles. The van der Waals surface area contributed by atoms with E-state index in [0.29, 0.717) is 19.4 Å². The van der Waals surface area contributed by atoms with Crippen molar-refractivity contribution in [3.8, 4) is 0 Å². The summed E-state index contributed by atoms with van der Waals surface area (Å²) < 4.78 is 5.13. The monoisotopic (exact) mass is 244 g/mol. The topological polar surface area (TPSA) is 43.4 Å². The Labute approximate surface area is 106 Å². The Balaban J connectivity index is 2.06. The van der Waals surface area contributed by atoms with E-state index < -0.39 is 5.41 Å². The standard InChI is InChI=1S/C15H16O3/c1-2-18-14(17)15-8-7-12(13(15)16)11-6-4-3-5-10(11)9-15/h3-6,12H,2,7-9H2,1H3/t12-,15-/m1/s1. The number of hydrogen-bond acceptors (Lipinski definition) is 3. The van der Waals surface area contributed by atoms with E-state index in [4.69, 9.17) is 4.74 Å². The van der Waals surface area contributed by atoms with Gasteiger partial charge in [-0.2, -0.15) is 0 Å². The fraction of sp³-hybridized carbons (Fsp3) is 0.467. The van der Waals surface area contributed by atoms with Gasteiger partial charge in [0.2, 0.25) is 0 Å². The van der Waals surface area contributed by atoms with Crippen molar-refractivity contribution < 1.29 is 14.3 Å². The minimum Gasteiger partial charge on any atom is -0.465 e. The van der Waals surface area contributed by atoms with Gasteiger partial charge in [-0.05, 0) is 37.3 Å². The van der Waals surface area contributed by atoms with Crippen molar-refractivity contribution in [2.75, 3.05) is 6.61 Å². The highest BCUT2D eigenvalue weighted by Crippen LogP contribution is 2.51. The third kappa shape index (κ3) is 1.36. The Bertz CT molecular complexity index is 520. The average Bonchev–Trinajstić information content (AvgIpc) is 2.60. The van der Waals surface area contributed by atoms with Crippen LogP contribution in [0.3, 0.4) is 0 Å². The number of esters is 1. The Kier molecular flexibility index (Phi) is 2.51. The second kappa shape index (κ2) is 3.94. The van der Waals surface area contributed by atoms with Crippen LogP contribution in [0.1, 0.15) is 36.8 Å². The Morgan fingerprint density at radius 2 is 2.22 bits per heavy atom. The van der Waals surface area contributed by atoms with Gasteiger partial charge in [0.25, 0.3) is 0 Å². The van der Waals surface area contributed by atoms with Gasteiger partial charge in [-0.25, -0.2) is 0 Å². The molecule has 0 radical (unpaired) electrons. The number of ketones is 1. The van der Waals surface area contributed by atoms with E-state index >= 15 is 0 Å². The normalized spacial score (nSPS) is 28.9. The molecule has 2 aliphatic carbocycles. The summed E-state index contributed by atoms with van der Waals surface area (Å²) in [6, 6.07) is 7.96. The molecular weight excluding hydrogens is 228 g/mol. The SMILES string of the molecule is CCOC(=O)[C@@]12CC[C@@H](C1=O)c1ccccc1C2. The quantitative estimate of drug-likeness (QED) is 0.592. The molecule has 2 bridgehead atoms. The third-order valence-electron chi connectivity index (χ3n) is 4.24. The Morgan fingerprint density at radius 3 is 3.00 bits per heavy atom. The van der Waals surface area contributed by atoms with Crippen molar-refractivity contribution >= 4 is 11.8 Å². The second-order valence-electron chi connectivity index (χ2n) is 5.13. The van der Waals surface area contributed by atoms with Gasteiger partial charge >= 0.3 is 5.97 Å². The Hall–Kier alpha value is -1.64. The highest BCUT2D eigenvalue weighted by Gasteiger charge is 2.57. The molecule has 2 aliphatic rings. The van der Waals surface area contributed by atoms with Gasteiger partial charge in [0, 0.05) is 5.92 Å². The minimum absolute atomic E-state index is 0.0691. The summed E-state index contributed by atoms with van der Waals surface area (Å²) in [5.74, 6) is -0.356. The average molecular weight is 244 g/mol. The van der Waals surface area contributed by atoms with Crippen LogP contribution in [-0.2, 0) is 20.7 Å². The first kappa shape index (κ1) is 11.5. The molecule has 1 saturated carbocycles. The summed E-state index contributed by atoms with van der Waals surface area (Å²) in [7, 11) is 0. The van der Waals surface area contributed by atoms with E-state index in [-0.39, 0.29) is 17.7 Å². The molecule has 0 aliphatic heterocycles. The lowest BCUT2D eigenvalue weighted by molar-refractivity contribution is -0.159. The molecule has 2 atom stereocenters. The van der Waals surface area contributed by atoms with Crippen LogP contribution in [0.2, 0.25) is 0 Å². The fourth-order valence-corrected chi connectivity index (χ4v) is 3.36. The molecule has 3 rings (SSSR count). The molecule has 0 unspecified atom stereocenters. The van der Waals surface area contributed by atoms with Gasteiger partial charge < -0.3 is 4.74 Å². The van der Waals surface area contributed by atoms with Crippen molar-refractivity contribution in [3.63, 3.8) is 0 Å². The van der Waals surface area contributed by atoms with Crippen molar-refractivity contribution in [2.45, 2.75) is 32.1 Å². The fourth-order valence-electron chi connectivity index (χ4n) is 3.36. The number of rotatable bonds is 2. The molecule has 0 amide bonds. The number of benzene rings is 1. The van der Waals surface area contributed by atoms with Crippen LogP contribution in [0.25, 0.3) is 0 Å². The summed E-state index contributed by atoms with van der Waals surface area (Å²) in [4.78, 5) is 24.6. The minimum atomic E-state index is -0.894. The van der Waals surface area contributed by atoms with Gasteiger partial charge in [-0.3, -0.25) is 9.59 Å². The number of carbonyl (C=O) groups is 2. The van der Waals surface area contributed by atoms with Crippen LogP contribution < -0.4 is 0 Å². The number of hydrogen-bond donors (Lipinski definition) is 0. The van der Waals surface area contributed by atoms with Crippen LogP contribution >= 0.6 is 0 Å². The molecule has 0 aromatic heterocycles. The van der Waals surface area contributed by atoms with E-state index in [1.165, 1.54) is 0 Å². The first-order valence-corrected chi connectivity index (χ1v) is 6.48. The van der Waals surface area contributed by atoms with E-state index in [9.17, 15) is 9.59 Å². The maximum atomic E-state index is 12.5. The van der Waals surface area contributed by atoms with Crippen LogP contribution in [-0.4, -0.2) is 18.4 Å². The molecule has 0 N–H and O–H groups in total. The van der Waals surface area contributed by atoms with Gasteiger partial charge in [0.1, 0.15) is 5.41 Å². The first-order chi connectivity index (χ1) is 8.69. The molecule has 18 heavy (non-hydrogen) atoms. The van der Waals surface area contributed by atoms with E-state index in [1.807, 2.05) is 24.3 Å². The molecule has 94 valence electrons. The van der Waals surface area contributed by atoms with Crippen LogP contribution in [0, 0.1) is 5.41 Å². The smallest absolute Gasteiger partial charge is 0.319 e. The highest BCUT2D eigenvalue weighted by atomic mass is 16.5. The number of carbonyl (C=O) groups excluding carboxylic acids is 2. The number of fused-ring (bicyclic) bond motifs is 4. The van der Waals surface area contributed by atoms with Crippen LogP contribution in [0.4, 0.5) is 0 Å². The molecule has 3 heteroatoms. The number of Topliss-reactive ketones (excluding diaryl/α,β-unsaturated/α-hetero) is 1. The van der Waals surface area contributed by atoms with Gasteiger partial charge in [-0.1, -0.05) is 24.3 Å². The van der Waals surface area contributed by atoms with E-state index in [0.717, 1.165) is 17.5 Å². The molecular formula is C15H16O3.